The van der Waals surface area contributed by atoms with E-state index in [9.17, 15) is 4.79 Å². The minimum absolute atomic E-state index is 0. The van der Waals surface area contributed by atoms with Gasteiger partial charge in [-0.3, -0.25) is 4.79 Å². The van der Waals surface area contributed by atoms with Gasteiger partial charge in [-0.05, 0) is 43.4 Å². The molecule has 1 aliphatic carbocycles. The summed E-state index contributed by atoms with van der Waals surface area (Å²) in [5.74, 6) is 1.66. The molecule has 0 aromatic heterocycles. The molecule has 1 saturated carbocycles. The van der Waals surface area contributed by atoms with E-state index in [1.165, 1.54) is 6.42 Å². The van der Waals surface area contributed by atoms with E-state index in [2.05, 4.69) is 34.8 Å². The zero-order chi connectivity index (χ0) is 16.7. The first-order chi connectivity index (χ1) is 11.1. The summed E-state index contributed by atoms with van der Waals surface area (Å²) in [7, 11) is 0. The number of nitrogens with one attached hydrogen (secondary N) is 3. The molecule has 0 radical (unpaired) electrons. The highest BCUT2D eigenvalue weighted by Gasteiger charge is 2.33. The maximum atomic E-state index is 11.7. The largest absolute Gasteiger partial charge is 0.357 e. The van der Waals surface area contributed by atoms with Crippen LogP contribution in [0.25, 0.3) is 0 Å². The van der Waals surface area contributed by atoms with Crippen molar-refractivity contribution in [1.82, 2.24) is 10.6 Å². The fourth-order valence-corrected chi connectivity index (χ4v) is 2.39. The van der Waals surface area contributed by atoms with Gasteiger partial charge in [-0.15, -0.1) is 24.0 Å². The molecule has 2 unspecified atom stereocenters. The Hall–Kier alpha value is -1.31. The van der Waals surface area contributed by atoms with Gasteiger partial charge in [0.25, 0.3) is 0 Å². The second-order valence-electron chi connectivity index (χ2n) is 6.16. The Kier molecular flexibility index (Phi) is 9.10. The second-order valence-corrected chi connectivity index (χ2v) is 6.16. The average molecular weight is 444 g/mol. The first-order valence-electron chi connectivity index (χ1n) is 8.56. The SMILES string of the molecule is CCCC(=O)Nc1cccc(CN=C(NCC)NC2CC2C)c1.I. The van der Waals surface area contributed by atoms with Gasteiger partial charge in [-0.25, -0.2) is 4.99 Å². The third kappa shape index (κ3) is 7.07. The van der Waals surface area contributed by atoms with Crippen LogP contribution in [0.2, 0.25) is 0 Å². The Labute approximate surface area is 162 Å². The highest BCUT2D eigenvalue weighted by atomic mass is 127. The number of hydrogen-bond acceptors (Lipinski definition) is 2. The molecule has 0 spiro atoms. The summed E-state index contributed by atoms with van der Waals surface area (Å²) in [6.45, 7) is 7.75. The molecule has 6 heteroatoms. The number of guanidine groups is 1. The number of hydrogen-bond donors (Lipinski definition) is 3. The molecule has 1 amide bonds. The third-order valence-corrected chi connectivity index (χ3v) is 3.88. The molecule has 1 aliphatic rings. The number of halogens is 1. The molecule has 0 heterocycles. The molecule has 2 rings (SSSR count). The quantitative estimate of drug-likeness (QED) is 0.343. The van der Waals surface area contributed by atoms with Crippen LogP contribution in [-0.2, 0) is 11.3 Å². The van der Waals surface area contributed by atoms with Crippen LogP contribution in [0.15, 0.2) is 29.3 Å². The maximum absolute atomic E-state index is 11.7. The molecule has 134 valence electrons. The first-order valence-corrected chi connectivity index (χ1v) is 8.56. The molecule has 0 aliphatic heterocycles. The minimum atomic E-state index is 0. The highest BCUT2D eigenvalue weighted by Crippen LogP contribution is 2.28. The Morgan fingerprint density at radius 3 is 2.71 bits per heavy atom. The molecule has 1 fully saturated rings. The second kappa shape index (κ2) is 10.5. The van der Waals surface area contributed by atoms with Crippen LogP contribution in [0.4, 0.5) is 5.69 Å². The van der Waals surface area contributed by atoms with Crippen molar-refractivity contribution in [2.24, 2.45) is 10.9 Å². The van der Waals surface area contributed by atoms with Gasteiger partial charge in [0.15, 0.2) is 5.96 Å². The summed E-state index contributed by atoms with van der Waals surface area (Å²) in [5, 5.41) is 9.65. The van der Waals surface area contributed by atoms with Crippen molar-refractivity contribution in [3.05, 3.63) is 29.8 Å². The van der Waals surface area contributed by atoms with E-state index < -0.39 is 0 Å². The van der Waals surface area contributed by atoms with Gasteiger partial charge in [0, 0.05) is 24.7 Å². The topological polar surface area (TPSA) is 65.5 Å². The Morgan fingerprint density at radius 1 is 1.33 bits per heavy atom. The number of anilines is 1. The van der Waals surface area contributed by atoms with Gasteiger partial charge in [0.05, 0.1) is 6.54 Å². The minimum Gasteiger partial charge on any atom is -0.357 e. The van der Waals surface area contributed by atoms with Gasteiger partial charge in [-0.1, -0.05) is 26.0 Å². The van der Waals surface area contributed by atoms with E-state index in [0.717, 1.165) is 36.1 Å². The monoisotopic (exact) mass is 444 g/mol. The van der Waals surface area contributed by atoms with Crippen molar-refractivity contribution in [3.8, 4) is 0 Å². The van der Waals surface area contributed by atoms with E-state index in [4.69, 9.17) is 0 Å². The Morgan fingerprint density at radius 2 is 2.08 bits per heavy atom. The van der Waals surface area contributed by atoms with Crippen molar-refractivity contribution in [2.45, 2.75) is 52.6 Å². The number of aliphatic imine (C=N–C) groups is 1. The maximum Gasteiger partial charge on any atom is 0.224 e. The van der Waals surface area contributed by atoms with E-state index in [1.807, 2.05) is 31.2 Å². The zero-order valence-electron chi connectivity index (χ0n) is 14.8. The first kappa shape index (κ1) is 20.7. The van der Waals surface area contributed by atoms with Gasteiger partial charge in [0.1, 0.15) is 0 Å². The predicted molar refractivity (Wildman–Crippen MR) is 111 cm³/mol. The lowest BCUT2D eigenvalue weighted by Crippen LogP contribution is -2.39. The van der Waals surface area contributed by atoms with Crippen LogP contribution in [0.1, 0.15) is 45.6 Å². The van der Waals surface area contributed by atoms with Gasteiger partial charge in [0.2, 0.25) is 5.91 Å². The number of carbonyl (C=O) groups is 1. The summed E-state index contributed by atoms with van der Waals surface area (Å²) < 4.78 is 0. The van der Waals surface area contributed by atoms with Crippen LogP contribution in [0.5, 0.6) is 0 Å². The van der Waals surface area contributed by atoms with Crippen LogP contribution in [0.3, 0.4) is 0 Å². The number of carbonyl (C=O) groups excluding carboxylic acids is 1. The smallest absolute Gasteiger partial charge is 0.224 e. The zero-order valence-corrected chi connectivity index (χ0v) is 17.1. The Bertz CT molecular complexity index is 562. The summed E-state index contributed by atoms with van der Waals surface area (Å²) in [4.78, 5) is 16.3. The number of rotatable bonds is 7. The van der Waals surface area contributed by atoms with Crippen LogP contribution >= 0.6 is 24.0 Å². The summed E-state index contributed by atoms with van der Waals surface area (Å²) >= 11 is 0. The lowest BCUT2D eigenvalue weighted by molar-refractivity contribution is -0.116. The van der Waals surface area contributed by atoms with E-state index in [1.54, 1.807) is 0 Å². The molecular formula is C18H29IN4O. The lowest BCUT2D eigenvalue weighted by Gasteiger charge is -2.11. The Balaban J connectivity index is 0.00000288. The molecular weight excluding hydrogens is 415 g/mol. The van der Waals surface area contributed by atoms with Crippen molar-refractivity contribution >= 4 is 41.5 Å². The highest BCUT2D eigenvalue weighted by molar-refractivity contribution is 14.0. The lowest BCUT2D eigenvalue weighted by atomic mass is 10.2. The van der Waals surface area contributed by atoms with Gasteiger partial charge in [-0.2, -0.15) is 0 Å². The number of amides is 1. The molecule has 2 atom stereocenters. The molecule has 24 heavy (non-hydrogen) atoms. The fraction of sp³-hybridized carbons (Fsp3) is 0.556. The summed E-state index contributed by atoms with van der Waals surface area (Å²) in [5.41, 5.74) is 1.92. The molecule has 1 aromatic rings. The van der Waals surface area contributed by atoms with Crippen LogP contribution in [0, 0.1) is 5.92 Å². The van der Waals surface area contributed by atoms with E-state index in [-0.39, 0.29) is 29.9 Å². The van der Waals surface area contributed by atoms with E-state index >= 15 is 0 Å². The van der Waals surface area contributed by atoms with Crippen molar-refractivity contribution in [3.63, 3.8) is 0 Å². The van der Waals surface area contributed by atoms with Crippen molar-refractivity contribution < 1.29 is 4.79 Å². The summed E-state index contributed by atoms with van der Waals surface area (Å²) in [6.07, 6.45) is 2.62. The van der Waals surface area contributed by atoms with Crippen molar-refractivity contribution in [2.75, 3.05) is 11.9 Å². The molecule has 1 aromatic carbocycles. The van der Waals surface area contributed by atoms with Crippen molar-refractivity contribution in [1.29, 1.82) is 0 Å². The molecule has 3 N–H and O–H groups in total. The normalized spacial score (nSPS) is 19.2. The van der Waals surface area contributed by atoms with Gasteiger partial charge < -0.3 is 16.0 Å². The van der Waals surface area contributed by atoms with Crippen LogP contribution in [-0.4, -0.2) is 24.5 Å². The average Bonchev–Trinajstić information content (AvgIpc) is 3.21. The molecule has 0 bridgehead atoms. The van der Waals surface area contributed by atoms with E-state index in [0.29, 0.717) is 19.0 Å². The van der Waals surface area contributed by atoms with Gasteiger partial charge >= 0.3 is 0 Å². The standard InChI is InChI=1S/C18H28N4O.HI/c1-4-7-17(23)21-15-9-6-8-14(11-15)12-20-18(19-5-2)22-16-10-13(16)3;/h6,8-9,11,13,16H,4-5,7,10,12H2,1-3H3,(H,21,23)(H2,19,20,22);1H. The number of nitrogens with zero attached hydrogens (tertiary/aromatic N) is 1. The van der Waals surface area contributed by atoms with Crippen LogP contribution < -0.4 is 16.0 Å². The fourth-order valence-electron chi connectivity index (χ4n) is 2.39. The predicted octanol–water partition coefficient (Wildman–Crippen LogP) is 3.51. The number of benzene rings is 1. The molecule has 0 saturated heterocycles. The summed E-state index contributed by atoms with van der Waals surface area (Å²) in [6, 6.07) is 8.43. The molecule has 5 nitrogen and oxygen atoms in total. The third-order valence-electron chi connectivity index (χ3n) is 3.88.